The Kier molecular flexibility index (Phi) is 5.38. The van der Waals surface area contributed by atoms with E-state index in [1.165, 1.54) is 18.2 Å². The van der Waals surface area contributed by atoms with Gasteiger partial charge < -0.3 is 10.2 Å². The summed E-state index contributed by atoms with van der Waals surface area (Å²) < 4.78 is 13.3. The van der Waals surface area contributed by atoms with E-state index in [-0.39, 0.29) is 17.7 Å². The van der Waals surface area contributed by atoms with Gasteiger partial charge >= 0.3 is 0 Å². The molecule has 0 bridgehead atoms. The van der Waals surface area contributed by atoms with E-state index in [1.807, 2.05) is 12.1 Å². The second kappa shape index (κ2) is 7.88. The molecule has 0 aliphatic carbocycles. The van der Waals surface area contributed by atoms with Gasteiger partial charge in [-0.3, -0.25) is 14.6 Å². The number of rotatable bonds is 5. The van der Waals surface area contributed by atoms with E-state index < -0.39 is 5.82 Å². The third kappa shape index (κ3) is 4.62. The summed E-state index contributed by atoms with van der Waals surface area (Å²) >= 11 is 0. The van der Waals surface area contributed by atoms with Gasteiger partial charge in [-0.2, -0.15) is 0 Å². The van der Waals surface area contributed by atoms with Crippen LogP contribution < -0.4 is 5.32 Å². The highest BCUT2D eigenvalue weighted by atomic mass is 19.1. The van der Waals surface area contributed by atoms with Gasteiger partial charge in [-0.25, -0.2) is 4.39 Å². The molecule has 2 amide bonds. The summed E-state index contributed by atoms with van der Waals surface area (Å²) in [6, 6.07) is 9.42. The van der Waals surface area contributed by atoms with Crippen LogP contribution >= 0.6 is 0 Å². The summed E-state index contributed by atoms with van der Waals surface area (Å²) in [4.78, 5) is 30.1. The summed E-state index contributed by atoms with van der Waals surface area (Å²) in [5.74, 6) is -0.493. The number of likely N-dealkylation sites (tertiary alicyclic amines) is 1. The fourth-order valence-corrected chi connectivity index (χ4v) is 3.02. The van der Waals surface area contributed by atoms with Crippen molar-refractivity contribution in [3.63, 3.8) is 0 Å². The smallest absolute Gasteiger partial charge is 0.253 e. The maximum absolute atomic E-state index is 13.3. The monoisotopic (exact) mass is 341 g/mol. The Morgan fingerprint density at radius 1 is 1.24 bits per heavy atom. The van der Waals surface area contributed by atoms with E-state index in [2.05, 4.69) is 10.3 Å². The molecule has 5 nitrogen and oxygen atoms in total. The predicted octanol–water partition coefficient (Wildman–Crippen LogP) is 2.39. The number of carbonyl (C=O) groups excluding carboxylic acids is 2. The Morgan fingerprint density at radius 3 is 2.80 bits per heavy atom. The summed E-state index contributed by atoms with van der Waals surface area (Å²) in [5, 5.41) is 2.89. The molecule has 0 saturated carbocycles. The summed E-state index contributed by atoms with van der Waals surface area (Å²) in [5.41, 5.74) is 1.35. The maximum Gasteiger partial charge on any atom is 0.253 e. The highest BCUT2D eigenvalue weighted by Gasteiger charge is 2.28. The largest absolute Gasteiger partial charge is 0.352 e. The van der Waals surface area contributed by atoms with E-state index in [1.54, 1.807) is 23.4 Å². The van der Waals surface area contributed by atoms with Crippen molar-refractivity contribution in [1.29, 1.82) is 0 Å². The third-order valence-electron chi connectivity index (χ3n) is 4.36. The number of nitrogens with zero attached hydrogens (tertiary/aromatic N) is 2. The van der Waals surface area contributed by atoms with Crippen LogP contribution in [0, 0.1) is 11.7 Å². The van der Waals surface area contributed by atoms with Gasteiger partial charge in [0.25, 0.3) is 5.91 Å². The topological polar surface area (TPSA) is 62.3 Å². The zero-order valence-electron chi connectivity index (χ0n) is 13.8. The Labute approximate surface area is 145 Å². The average Bonchev–Trinajstić information content (AvgIpc) is 3.08. The summed E-state index contributed by atoms with van der Waals surface area (Å²) in [6.45, 7) is 1.59. The molecule has 1 aliphatic rings. The van der Waals surface area contributed by atoms with E-state index in [4.69, 9.17) is 0 Å². The van der Waals surface area contributed by atoms with Crippen molar-refractivity contribution >= 4 is 11.8 Å². The minimum Gasteiger partial charge on any atom is -0.352 e. The predicted molar refractivity (Wildman–Crippen MR) is 91.1 cm³/mol. The Hall–Kier alpha value is -2.76. The number of hydrogen-bond acceptors (Lipinski definition) is 3. The Balaban J connectivity index is 1.47. The number of amides is 2. The Bertz CT molecular complexity index is 751. The molecule has 1 unspecified atom stereocenters. The highest BCUT2D eigenvalue weighted by Crippen LogP contribution is 2.21. The molecule has 1 N–H and O–H groups in total. The maximum atomic E-state index is 13.3. The standard InChI is InChI=1S/C19H20FN3O2/c20-17-3-1-2-16(11-17)19(25)23-9-6-15(13-23)10-18(24)22-12-14-4-7-21-8-5-14/h1-5,7-8,11,15H,6,9-10,12-13H2,(H,22,24). The van der Waals surface area contributed by atoms with Crippen molar-refractivity contribution < 1.29 is 14.0 Å². The van der Waals surface area contributed by atoms with Crippen LogP contribution in [0.1, 0.15) is 28.8 Å². The van der Waals surface area contributed by atoms with Gasteiger partial charge in [0.15, 0.2) is 0 Å². The zero-order valence-corrected chi connectivity index (χ0v) is 13.8. The zero-order chi connectivity index (χ0) is 17.6. The number of benzene rings is 1. The number of hydrogen-bond donors (Lipinski definition) is 1. The first kappa shape index (κ1) is 17.1. The van der Waals surface area contributed by atoms with Crippen LogP contribution in [0.25, 0.3) is 0 Å². The molecule has 0 radical (unpaired) electrons. The first-order chi connectivity index (χ1) is 12.1. The SMILES string of the molecule is O=C(CC1CCN(C(=O)c2cccc(F)c2)C1)NCc1ccncc1. The van der Waals surface area contributed by atoms with E-state index >= 15 is 0 Å². The van der Waals surface area contributed by atoms with Crippen LogP contribution in [0.15, 0.2) is 48.8 Å². The molecule has 1 aliphatic heterocycles. The molecule has 1 aromatic carbocycles. The van der Waals surface area contributed by atoms with Gasteiger partial charge in [-0.15, -0.1) is 0 Å². The molecule has 3 rings (SSSR count). The third-order valence-corrected chi connectivity index (χ3v) is 4.36. The van der Waals surface area contributed by atoms with Crippen LogP contribution in [0.2, 0.25) is 0 Å². The summed E-state index contributed by atoms with van der Waals surface area (Å²) in [6.07, 6.45) is 4.55. The van der Waals surface area contributed by atoms with Crippen LogP contribution in [-0.4, -0.2) is 34.8 Å². The molecule has 2 heterocycles. The van der Waals surface area contributed by atoms with Gasteiger partial charge in [-0.1, -0.05) is 6.07 Å². The first-order valence-electron chi connectivity index (χ1n) is 8.32. The number of nitrogens with one attached hydrogen (secondary N) is 1. The molecule has 2 aromatic rings. The van der Waals surface area contributed by atoms with Crippen LogP contribution in [0.3, 0.4) is 0 Å². The lowest BCUT2D eigenvalue weighted by atomic mass is 10.0. The van der Waals surface area contributed by atoms with Gasteiger partial charge in [0, 0.05) is 44.0 Å². The lowest BCUT2D eigenvalue weighted by molar-refractivity contribution is -0.122. The Morgan fingerprint density at radius 2 is 2.04 bits per heavy atom. The molecule has 1 atom stereocenters. The average molecular weight is 341 g/mol. The highest BCUT2D eigenvalue weighted by molar-refractivity contribution is 5.94. The number of aromatic nitrogens is 1. The fraction of sp³-hybridized carbons (Fsp3) is 0.316. The molecule has 6 heteroatoms. The van der Waals surface area contributed by atoms with E-state index in [0.717, 1.165) is 12.0 Å². The second-order valence-electron chi connectivity index (χ2n) is 6.25. The van der Waals surface area contributed by atoms with Gasteiger partial charge in [0.2, 0.25) is 5.91 Å². The molecule has 25 heavy (non-hydrogen) atoms. The van der Waals surface area contributed by atoms with Crippen LogP contribution in [0.5, 0.6) is 0 Å². The fourth-order valence-electron chi connectivity index (χ4n) is 3.02. The quantitative estimate of drug-likeness (QED) is 0.908. The van der Waals surface area contributed by atoms with Crippen molar-refractivity contribution in [3.05, 3.63) is 65.7 Å². The van der Waals surface area contributed by atoms with E-state index in [0.29, 0.717) is 31.6 Å². The molecular formula is C19H20FN3O2. The van der Waals surface area contributed by atoms with Gasteiger partial charge in [0.1, 0.15) is 5.82 Å². The normalized spacial score (nSPS) is 16.7. The second-order valence-corrected chi connectivity index (χ2v) is 6.25. The van der Waals surface area contributed by atoms with Crippen molar-refractivity contribution in [3.8, 4) is 0 Å². The van der Waals surface area contributed by atoms with Crippen LogP contribution in [-0.2, 0) is 11.3 Å². The van der Waals surface area contributed by atoms with Gasteiger partial charge in [0.05, 0.1) is 0 Å². The van der Waals surface area contributed by atoms with E-state index in [9.17, 15) is 14.0 Å². The minimum atomic E-state index is -0.419. The molecule has 130 valence electrons. The molecule has 1 aromatic heterocycles. The van der Waals surface area contributed by atoms with Crippen molar-refractivity contribution in [2.75, 3.05) is 13.1 Å². The lowest BCUT2D eigenvalue weighted by Gasteiger charge is -2.16. The number of pyridine rings is 1. The molecule has 1 saturated heterocycles. The molecule has 1 fully saturated rings. The number of carbonyl (C=O) groups is 2. The summed E-state index contributed by atoms with van der Waals surface area (Å²) in [7, 11) is 0. The first-order valence-corrected chi connectivity index (χ1v) is 8.32. The lowest BCUT2D eigenvalue weighted by Crippen LogP contribution is -2.30. The van der Waals surface area contributed by atoms with Crippen molar-refractivity contribution in [2.45, 2.75) is 19.4 Å². The minimum absolute atomic E-state index is 0.0260. The molecule has 0 spiro atoms. The molecular weight excluding hydrogens is 321 g/mol. The van der Waals surface area contributed by atoms with Crippen molar-refractivity contribution in [2.24, 2.45) is 5.92 Å². The van der Waals surface area contributed by atoms with Gasteiger partial charge in [-0.05, 0) is 48.2 Å². The van der Waals surface area contributed by atoms with Crippen LogP contribution in [0.4, 0.5) is 4.39 Å². The van der Waals surface area contributed by atoms with Crippen molar-refractivity contribution in [1.82, 2.24) is 15.2 Å². The number of halogens is 1.